The predicted octanol–water partition coefficient (Wildman–Crippen LogP) is 2.35. The van der Waals surface area contributed by atoms with E-state index in [0.29, 0.717) is 0 Å². The molecule has 0 atom stereocenters. The summed E-state index contributed by atoms with van der Waals surface area (Å²) in [6.07, 6.45) is 0. The number of aliphatic hydroxyl groups is 1. The van der Waals surface area contributed by atoms with Crippen LogP contribution in [0.5, 0.6) is 0 Å². The van der Waals surface area contributed by atoms with E-state index in [9.17, 15) is 0 Å². The molecule has 0 spiro atoms. The monoisotopic (exact) mass is 237 g/mol. The summed E-state index contributed by atoms with van der Waals surface area (Å²) in [6, 6.07) is 6.18. The standard InChI is InChI=1S/C14H23NO2/c1-4-15(8-9-17-5-2)14-7-6-13(11-16)12(3)10-14/h6-7,10,16H,4-5,8-9,11H2,1-3H3. The number of nitrogens with zero attached hydrogens (tertiary/aromatic N) is 1. The van der Waals surface area contributed by atoms with Crippen LogP contribution in [0.2, 0.25) is 0 Å². The minimum Gasteiger partial charge on any atom is -0.392 e. The Morgan fingerprint density at radius 3 is 2.59 bits per heavy atom. The Bertz CT molecular complexity index is 339. The maximum absolute atomic E-state index is 9.14. The van der Waals surface area contributed by atoms with Gasteiger partial charge < -0.3 is 14.7 Å². The number of anilines is 1. The van der Waals surface area contributed by atoms with Crippen molar-refractivity contribution in [3.63, 3.8) is 0 Å². The molecule has 0 radical (unpaired) electrons. The van der Waals surface area contributed by atoms with E-state index in [1.54, 1.807) is 0 Å². The molecule has 0 heterocycles. The van der Waals surface area contributed by atoms with Gasteiger partial charge in [0, 0.05) is 25.4 Å². The average Bonchev–Trinajstić information content (AvgIpc) is 2.35. The number of rotatable bonds is 7. The summed E-state index contributed by atoms with van der Waals surface area (Å²) in [7, 11) is 0. The summed E-state index contributed by atoms with van der Waals surface area (Å²) in [5.74, 6) is 0. The number of ether oxygens (including phenoxy) is 1. The van der Waals surface area contributed by atoms with Crippen molar-refractivity contribution in [3.8, 4) is 0 Å². The molecule has 0 aliphatic carbocycles. The van der Waals surface area contributed by atoms with E-state index in [4.69, 9.17) is 9.84 Å². The first-order valence-electron chi connectivity index (χ1n) is 6.26. The summed E-state index contributed by atoms with van der Waals surface area (Å²) >= 11 is 0. The molecule has 1 aromatic rings. The Kier molecular flexibility index (Phi) is 6.01. The van der Waals surface area contributed by atoms with Gasteiger partial charge in [-0.05, 0) is 44.0 Å². The fraction of sp³-hybridized carbons (Fsp3) is 0.571. The molecule has 3 heteroatoms. The van der Waals surface area contributed by atoms with Gasteiger partial charge in [-0.15, -0.1) is 0 Å². The van der Waals surface area contributed by atoms with Crippen LogP contribution in [0.4, 0.5) is 5.69 Å². The van der Waals surface area contributed by atoms with Gasteiger partial charge in [0.05, 0.1) is 13.2 Å². The highest BCUT2D eigenvalue weighted by Gasteiger charge is 2.06. The third-order valence-electron chi connectivity index (χ3n) is 2.95. The molecule has 0 saturated heterocycles. The largest absolute Gasteiger partial charge is 0.392 e. The van der Waals surface area contributed by atoms with E-state index in [-0.39, 0.29) is 6.61 Å². The van der Waals surface area contributed by atoms with Crippen LogP contribution in [-0.4, -0.2) is 31.4 Å². The van der Waals surface area contributed by atoms with Crippen molar-refractivity contribution in [2.45, 2.75) is 27.4 Å². The summed E-state index contributed by atoms with van der Waals surface area (Å²) < 4.78 is 5.38. The number of benzene rings is 1. The number of aryl methyl sites for hydroxylation is 1. The smallest absolute Gasteiger partial charge is 0.0684 e. The minimum absolute atomic E-state index is 0.108. The van der Waals surface area contributed by atoms with Crippen molar-refractivity contribution in [2.24, 2.45) is 0 Å². The highest BCUT2D eigenvalue weighted by molar-refractivity contribution is 5.50. The van der Waals surface area contributed by atoms with Crippen molar-refractivity contribution < 1.29 is 9.84 Å². The van der Waals surface area contributed by atoms with Crippen LogP contribution < -0.4 is 4.90 Å². The quantitative estimate of drug-likeness (QED) is 0.739. The van der Waals surface area contributed by atoms with Gasteiger partial charge in [0.1, 0.15) is 0 Å². The molecule has 0 unspecified atom stereocenters. The van der Waals surface area contributed by atoms with E-state index < -0.39 is 0 Å². The van der Waals surface area contributed by atoms with E-state index >= 15 is 0 Å². The fourth-order valence-corrected chi connectivity index (χ4v) is 1.84. The second-order valence-electron chi connectivity index (χ2n) is 4.05. The number of hydrogen-bond acceptors (Lipinski definition) is 3. The molecule has 0 aromatic heterocycles. The van der Waals surface area contributed by atoms with Crippen molar-refractivity contribution in [1.82, 2.24) is 0 Å². The Morgan fingerprint density at radius 1 is 1.29 bits per heavy atom. The van der Waals surface area contributed by atoms with Gasteiger partial charge in [0.25, 0.3) is 0 Å². The molecule has 1 N–H and O–H groups in total. The Hall–Kier alpha value is -1.06. The lowest BCUT2D eigenvalue weighted by Gasteiger charge is -2.23. The van der Waals surface area contributed by atoms with Crippen LogP contribution in [0.3, 0.4) is 0 Å². The second-order valence-corrected chi connectivity index (χ2v) is 4.05. The van der Waals surface area contributed by atoms with Crippen molar-refractivity contribution in [3.05, 3.63) is 29.3 Å². The van der Waals surface area contributed by atoms with Gasteiger partial charge in [-0.3, -0.25) is 0 Å². The van der Waals surface area contributed by atoms with Crippen molar-refractivity contribution in [2.75, 3.05) is 31.2 Å². The van der Waals surface area contributed by atoms with Gasteiger partial charge in [-0.25, -0.2) is 0 Å². The lowest BCUT2D eigenvalue weighted by Crippen LogP contribution is -2.27. The molecule has 3 nitrogen and oxygen atoms in total. The van der Waals surface area contributed by atoms with Crippen LogP contribution >= 0.6 is 0 Å². The maximum atomic E-state index is 9.14. The fourth-order valence-electron chi connectivity index (χ4n) is 1.84. The topological polar surface area (TPSA) is 32.7 Å². The molecular weight excluding hydrogens is 214 g/mol. The van der Waals surface area contributed by atoms with Gasteiger partial charge in [0.2, 0.25) is 0 Å². The van der Waals surface area contributed by atoms with E-state index in [1.807, 2.05) is 19.9 Å². The Labute approximate surface area is 104 Å². The van der Waals surface area contributed by atoms with Crippen molar-refractivity contribution >= 4 is 5.69 Å². The highest BCUT2D eigenvalue weighted by Crippen LogP contribution is 2.19. The van der Waals surface area contributed by atoms with Crippen LogP contribution in [0.25, 0.3) is 0 Å². The molecular formula is C14H23NO2. The van der Waals surface area contributed by atoms with Crippen LogP contribution in [0.1, 0.15) is 25.0 Å². The molecule has 0 aliphatic rings. The normalized spacial score (nSPS) is 10.6. The summed E-state index contributed by atoms with van der Waals surface area (Å²) in [4.78, 5) is 2.28. The summed E-state index contributed by atoms with van der Waals surface area (Å²) in [5, 5.41) is 9.14. The highest BCUT2D eigenvalue weighted by atomic mass is 16.5. The van der Waals surface area contributed by atoms with E-state index in [1.165, 1.54) is 5.69 Å². The first-order chi connectivity index (χ1) is 8.22. The molecule has 0 saturated carbocycles. The third-order valence-corrected chi connectivity index (χ3v) is 2.95. The van der Waals surface area contributed by atoms with Gasteiger partial charge in [-0.1, -0.05) is 6.07 Å². The molecule has 0 fully saturated rings. The SMILES string of the molecule is CCOCCN(CC)c1ccc(CO)c(C)c1. The van der Waals surface area contributed by atoms with E-state index in [0.717, 1.165) is 37.4 Å². The molecule has 17 heavy (non-hydrogen) atoms. The first kappa shape index (κ1) is 14.0. The molecule has 0 bridgehead atoms. The summed E-state index contributed by atoms with van der Waals surface area (Å²) in [6.45, 7) is 9.68. The minimum atomic E-state index is 0.108. The lowest BCUT2D eigenvalue weighted by atomic mass is 10.1. The van der Waals surface area contributed by atoms with Gasteiger partial charge >= 0.3 is 0 Å². The molecule has 0 amide bonds. The Balaban J connectivity index is 2.71. The summed E-state index contributed by atoms with van der Waals surface area (Å²) in [5.41, 5.74) is 3.33. The van der Waals surface area contributed by atoms with Crippen LogP contribution in [-0.2, 0) is 11.3 Å². The van der Waals surface area contributed by atoms with Gasteiger partial charge in [0.15, 0.2) is 0 Å². The van der Waals surface area contributed by atoms with Crippen LogP contribution in [0, 0.1) is 6.92 Å². The molecule has 1 rings (SSSR count). The maximum Gasteiger partial charge on any atom is 0.0684 e. The molecule has 96 valence electrons. The first-order valence-corrected chi connectivity index (χ1v) is 6.26. The third kappa shape index (κ3) is 4.02. The zero-order valence-corrected chi connectivity index (χ0v) is 11.1. The zero-order chi connectivity index (χ0) is 12.7. The molecule has 0 aliphatic heterocycles. The van der Waals surface area contributed by atoms with Crippen molar-refractivity contribution in [1.29, 1.82) is 0 Å². The predicted molar refractivity (Wildman–Crippen MR) is 71.5 cm³/mol. The lowest BCUT2D eigenvalue weighted by molar-refractivity contribution is 0.154. The zero-order valence-electron chi connectivity index (χ0n) is 11.1. The molecule has 1 aromatic carbocycles. The average molecular weight is 237 g/mol. The number of hydrogen-bond donors (Lipinski definition) is 1. The second kappa shape index (κ2) is 7.30. The number of aliphatic hydroxyl groups excluding tert-OH is 1. The van der Waals surface area contributed by atoms with E-state index in [2.05, 4.69) is 24.0 Å². The number of likely N-dealkylation sites (N-methyl/N-ethyl adjacent to an activating group) is 1. The Morgan fingerprint density at radius 2 is 2.06 bits per heavy atom. The van der Waals surface area contributed by atoms with Gasteiger partial charge in [-0.2, -0.15) is 0 Å². The van der Waals surface area contributed by atoms with Crippen LogP contribution in [0.15, 0.2) is 18.2 Å².